The van der Waals surface area contributed by atoms with Crippen LogP contribution < -0.4 is 4.90 Å². The fraction of sp³-hybridized carbons (Fsp3) is 0.360. The maximum absolute atomic E-state index is 13.4. The maximum atomic E-state index is 13.4. The highest BCUT2D eigenvalue weighted by Gasteiger charge is 2.34. The van der Waals surface area contributed by atoms with Crippen molar-refractivity contribution in [3.05, 3.63) is 60.4 Å². The molecule has 0 unspecified atom stereocenters. The fourth-order valence-corrected chi connectivity index (χ4v) is 3.95. The molecule has 0 radical (unpaired) electrons. The predicted molar refractivity (Wildman–Crippen MR) is 119 cm³/mol. The first-order chi connectivity index (χ1) is 13.6. The van der Waals surface area contributed by atoms with Gasteiger partial charge in [-0.25, -0.2) is 4.98 Å². The van der Waals surface area contributed by atoms with Gasteiger partial charge >= 0.3 is 0 Å². The van der Waals surface area contributed by atoms with Gasteiger partial charge in [0.1, 0.15) is 0 Å². The highest BCUT2D eigenvalue weighted by atomic mass is 16.2. The summed E-state index contributed by atoms with van der Waals surface area (Å²) in [5, 5.41) is 0. The second kappa shape index (κ2) is 6.58. The number of fused-ring (bicyclic) bond motifs is 5. The number of carbonyl (C=O) groups is 1. The number of amides is 1. The minimum Gasteiger partial charge on any atom is -0.325 e. The highest BCUT2D eigenvalue weighted by molar-refractivity contribution is 6.02. The van der Waals surface area contributed by atoms with Crippen molar-refractivity contribution in [1.82, 2.24) is 9.55 Å². The first kappa shape index (κ1) is 19.4. The largest absolute Gasteiger partial charge is 0.325 e. The second-order valence-corrected chi connectivity index (χ2v) is 9.80. The number of benzene rings is 2. The summed E-state index contributed by atoms with van der Waals surface area (Å²) in [5.41, 5.74) is 5.64. The Balaban J connectivity index is 2.07. The Morgan fingerprint density at radius 1 is 0.897 bits per heavy atom. The third-order valence-electron chi connectivity index (χ3n) is 5.43. The van der Waals surface area contributed by atoms with Gasteiger partial charge in [0, 0.05) is 22.1 Å². The van der Waals surface area contributed by atoms with Gasteiger partial charge in [0.2, 0.25) is 5.91 Å². The van der Waals surface area contributed by atoms with E-state index in [1.807, 2.05) is 56.3 Å². The molecule has 0 bridgehead atoms. The molecule has 0 saturated heterocycles. The van der Waals surface area contributed by atoms with Crippen LogP contribution in [0, 0.1) is 5.41 Å². The van der Waals surface area contributed by atoms with E-state index >= 15 is 0 Å². The molecule has 29 heavy (non-hydrogen) atoms. The predicted octanol–water partition coefficient (Wildman–Crippen LogP) is 5.86. The van der Waals surface area contributed by atoms with E-state index in [2.05, 4.69) is 49.6 Å². The van der Waals surface area contributed by atoms with Crippen molar-refractivity contribution in [3.8, 4) is 22.5 Å². The molecule has 4 rings (SSSR count). The molecule has 1 aliphatic heterocycles. The molecule has 150 valence electrons. The highest BCUT2D eigenvalue weighted by Crippen LogP contribution is 2.43. The lowest BCUT2D eigenvalue weighted by atomic mass is 9.90. The Labute approximate surface area is 173 Å². The molecule has 4 nitrogen and oxygen atoms in total. The van der Waals surface area contributed by atoms with Gasteiger partial charge in [-0.3, -0.25) is 4.79 Å². The normalized spacial score (nSPS) is 13.8. The van der Waals surface area contributed by atoms with Gasteiger partial charge < -0.3 is 9.47 Å². The summed E-state index contributed by atoms with van der Waals surface area (Å²) >= 11 is 0. The molecule has 0 spiro atoms. The number of carbonyl (C=O) groups excluding carboxylic acids is 1. The number of nitrogens with zero attached hydrogens (tertiary/aromatic N) is 3. The number of imidazole rings is 1. The number of rotatable bonds is 0. The molecule has 0 aliphatic carbocycles. The summed E-state index contributed by atoms with van der Waals surface area (Å²) in [6.45, 7) is 13.0. The molecule has 0 atom stereocenters. The molecule has 2 heterocycles. The zero-order valence-electron chi connectivity index (χ0n) is 18.2. The topological polar surface area (TPSA) is 38.1 Å². The zero-order valence-corrected chi connectivity index (χ0v) is 18.2. The third kappa shape index (κ3) is 3.27. The Morgan fingerprint density at radius 3 is 2.17 bits per heavy atom. The Kier molecular flexibility index (Phi) is 4.41. The SMILES string of the molecule is CC(C)(C)C(=O)N1Cc2ccccc2-c2c(ncn2C(C)(C)C)-c2ccccc21. The van der Waals surface area contributed by atoms with Crippen molar-refractivity contribution in [2.75, 3.05) is 4.90 Å². The molecule has 3 aromatic rings. The van der Waals surface area contributed by atoms with Crippen molar-refractivity contribution in [1.29, 1.82) is 0 Å². The minimum atomic E-state index is -0.477. The number of aromatic nitrogens is 2. The van der Waals surface area contributed by atoms with Crippen molar-refractivity contribution in [3.63, 3.8) is 0 Å². The van der Waals surface area contributed by atoms with Gasteiger partial charge in [-0.1, -0.05) is 63.2 Å². The molecular formula is C25H29N3O. The average molecular weight is 388 g/mol. The van der Waals surface area contributed by atoms with E-state index in [0.29, 0.717) is 6.54 Å². The molecule has 0 fully saturated rings. The molecule has 2 aromatic carbocycles. The van der Waals surface area contributed by atoms with E-state index in [1.54, 1.807) is 0 Å². The lowest BCUT2D eigenvalue weighted by Crippen LogP contribution is -2.40. The monoisotopic (exact) mass is 387 g/mol. The summed E-state index contributed by atoms with van der Waals surface area (Å²) in [6, 6.07) is 16.5. The Morgan fingerprint density at radius 2 is 1.52 bits per heavy atom. The van der Waals surface area contributed by atoms with Crippen LogP contribution in [0.3, 0.4) is 0 Å². The fourth-order valence-electron chi connectivity index (χ4n) is 3.95. The van der Waals surface area contributed by atoms with Gasteiger partial charge in [-0.05, 0) is 32.4 Å². The molecule has 4 heteroatoms. The zero-order chi connectivity index (χ0) is 21.0. The summed E-state index contributed by atoms with van der Waals surface area (Å²) < 4.78 is 2.25. The van der Waals surface area contributed by atoms with Crippen molar-refractivity contribution >= 4 is 11.6 Å². The average Bonchev–Trinajstić information content (AvgIpc) is 3.09. The quantitative estimate of drug-likeness (QED) is 0.484. The Bertz CT molecular complexity index is 1080. The number of hydrogen-bond acceptors (Lipinski definition) is 2. The third-order valence-corrected chi connectivity index (χ3v) is 5.43. The van der Waals surface area contributed by atoms with Crippen LogP contribution in [-0.4, -0.2) is 15.5 Å². The molecule has 0 saturated carbocycles. The van der Waals surface area contributed by atoms with Crippen LogP contribution in [0.1, 0.15) is 47.1 Å². The van der Waals surface area contributed by atoms with Crippen LogP contribution >= 0.6 is 0 Å². The molecule has 1 aliphatic rings. The number of para-hydroxylation sites is 1. The molecule has 1 aromatic heterocycles. The Hall–Kier alpha value is -2.88. The van der Waals surface area contributed by atoms with Crippen molar-refractivity contribution in [2.45, 2.75) is 53.6 Å². The standard InChI is InChI=1S/C25H29N3O/c1-24(2,3)23(29)27-15-17-11-7-8-12-18(17)22-21(19-13-9-10-14-20(19)27)26-16-28(22)25(4,5)6/h7-14,16H,15H2,1-6H3. The van der Waals surface area contributed by atoms with Gasteiger partial charge in [0.15, 0.2) is 0 Å². The first-order valence-electron chi connectivity index (χ1n) is 10.2. The number of anilines is 1. The number of hydrogen-bond donors (Lipinski definition) is 0. The van der Waals surface area contributed by atoms with E-state index < -0.39 is 5.41 Å². The summed E-state index contributed by atoms with van der Waals surface area (Å²) in [4.78, 5) is 20.2. The summed E-state index contributed by atoms with van der Waals surface area (Å²) in [6.07, 6.45) is 1.93. The van der Waals surface area contributed by atoms with Gasteiger partial charge in [0.25, 0.3) is 0 Å². The van der Waals surface area contributed by atoms with Crippen molar-refractivity contribution < 1.29 is 4.79 Å². The van der Waals surface area contributed by atoms with Crippen LogP contribution in [0.4, 0.5) is 5.69 Å². The van der Waals surface area contributed by atoms with Crippen LogP contribution in [0.2, 0.25) is 0 Å². The summed E-state index contributed by atoms with van der Waals surface area (Å²) in [7, 11) is 0. The van der Waals surface area contributed by atoms with Crippen LogP contribution in [0.15, 0.2) is 54.9 Å². The molecular weight excluding hydrogens is 358 g/mol. The lowest BCUT2D eigenvalue weighted by molar-refractivity contribution is -0.125. The van der Waals surface area contributed by atoms with Crippen LogP contribution in [0.5, 0.6) is 0 Å². The van der Waals surface area contributed by atoms with Gasteiger partial charge in [0.05, 0.1) is 29.9 Å². The van der Waals surface area contributed by atoms with Gasteiger partial charge in [-0.15, -0.1) is 0 Å². The second-order valence-electron chi connectivity index (χ2n) is 9.80. The van der Waals surface area contributed by atoms with E-state index in [9.17, 15) is 4.79 Å². The summed E-state index contributed by atoms with van der Waals surface area (Å²) in [5.74, 6) is 0.110. The van der Waals surface area contributed by atoms with E-state index in [0.717, 1.165) is 33.8 Å². The maximum Gasteiger partial charge on any atom is 0.232 e. The van der Waals surface area contributed by atoms with Crippen molar-refractivity contribution in [2.24, 2.45) is 5.41 Å². The van der Waals surface area contributed by atoms with E-state index in [-0.39, 0.29) is 11.4 Å². The van der Waals surface area contributed by atoms with Gasteiger partial charge in [-0.2, -0.15) is 0 Å². The van der Waals surface area contributed by atoms with Crippen LogP contribution in [-0.2, 0) is 16.9 Å². The van der Waals surface area contributed by atoms with E-state index in [4.69, 9.17) is 4.98 Å². The molecule has 1 amide bonds. The smallest absolute Gasteiger partial charge is 0.232 e. The minimum absolute atomic E-state index is 0.108. The van der Waals surface area contributed by atoms with Crippen LogP contribution in [0.25, 0.3) is 22.5 Å². The first-order valence-corrected chi connectivity index (χ1v) is 10.2. The lowest BCUT2D eigenvalue weighted by Gasteiger charge is -2.34. The van der Waals surface area contributed by atoms with E-state index in [1.165, 1.54) is 0 Å². The molecule has 0 N–H and O–H groups in total.